The van der Waals surface area contributed by atoms with Crippen LogP contribution >= 0.6 is 11.6 Å². The summed E-state index contributed by atoms with van der Waals surface area (Å²) in [5.74, 6) is -0.0531. The summed E-state index contributed by atoms with van der Waals surface area (Å²) in [5, 5.41) is 11.5. The molecule has 0 radical (unpaired) electrons. The Morgan fingerprint density at radius 1 is 1.29 bits per heavy atom. The molecule has 90 valence electrons. The third-order valence-corrected chi connectivity index (χ3v) is 2.65. The van der Waals surface area contributed by atoms with Gasteiger partial charge in [0.05, 0.1) is 6.07 Å². The van der Waals surface area contributed by atoms with Gasteiger partial charge >= 0.3 is 0 Å². The van der Waals surface area contributed by atoms with Gasteiger partial charge in [0, 0.05) is 11.4 Å². The highest BCUT2D eigenvalue weighted by molar-refractivity contribution is 6.30. The quantitative estimate of drug-likeness (QED) is 0.623. The van der Waals surface area contributed by atoms with Gasteiger partial charge in [-0.3, -0.25) is 4.79 Å². The molecule has 1 aromatic carbocycles. The molecule has 1 rings (SSSR count). The summed E-state index contributed by atoms with van der Waals surface area (Å²) in [6.45, 7) is 0.0933. The summed E-state index contributed by atoms with van der Waals surface area (Å²) >= 11 is 5.78. The van der Waals surface area contributed by atoms with Crippen molar-refractivity contribution in [2.45, 2.75) is 25.7 Å². The highest BCUT2D eigenvalue weighted by Gasteiger charge is 2.00. The number of aryl methyl sites for hydroxylation is 1. The van der Waals surface area contributed by atoms with Gasteiger partial charge in [-0.1, -0.05) is 23.7 Å². The first-order chi connectivity index (χ1) is 8.22. The minimum absolute atomic E-state index is 0.0531. The summed E-state index contributed by atoms with van der Waals surface area (Å²) in [6, 6.07) is 9.61. The van der Waals surface area contributed by atoms with Crippen LogP contribution < -0.4 is 5.32 Å². The monoisotopic (exact) mass is 250 g/mol. The molecular weight excluding hydrogens is 236 g/mol. The Balaban J connectivity index is 2.14. The summed E-state index contributed by atoms with van der Waals surface area (Å²) in [7, 11) is 0. The van der Waals surface area contributed by atoms with E-state index in [1.54, 1.807) is 0 Å². The molecule has 0 aliphatic carbocycles. The van der Waals surface area contributed by atoms with E-state index in [9.17, 15) is 4.79 Å². The van der Waals surface area contributed by atoms with Crippen molar-refractivity contribution >= 4 is 17.5 Å². The normalized spacial score (nSPS) is 9.65. The lowest BCUT2D eigenvalue weighted by molar-refractivity contribution is -0.120. The predicted octanol–water partition coefficient (Wildman–Crippen LogP) is 2.69. The molecule has 1 N–H and O–H groups in total. The molecule has 4 heteroatoms. The third-order valence-electron chi connectivity index (χ3n) is 2.40. The zero-order valence-electron chi connectivity index (χ0n) is 9.58. The molecule has 0 aliphatic heterocycles. The fourth-order valence-electron chi connectivity index (χ4n) is 1.49. The van der Waals surface area contributed by atoms with Crippen LogP contribution in [0.2, 0.25) is 5.02 Å². The van der Waals surface area contributed by atoms with E-state index < -0.39 is 0 Å². The summed E-state index contributed by atoms with van der Waals surface area (Å²) in [6.07, 6.45) is 3.22. The van der Waals surface area contributed by atoms with E-state index in [1.807, 2.05) is 30.3 Å². The van der Waals surface area contributed by atoms with Crippen LogP contribution in [-0.4, -0.2) is 12.5 Å². The fraction of sp³-hybridized carbons (Fsp3) is 0.385. The number of carbonyl (C=O) groups is 1. The van der Waals surface area contributed by atoms with Crippen LogP contribution in [0.4, 0.5) is 0 Å². The zero-order chi connectivity index (χ0) is 12.5. The smallest absolute Gasteiger partial charge is 0.220 e. The lowest BCUT2D eigenvalue weighted by Gasteiger charge is -2.02. The van der Waals surface area contributed by atoms with E-state index in [-0.39, 0.29) is 12.5 Å². The standard InChI is InChI=1S/C13H15ClN2O/c14-12-7-5-11(6-8-12)3-1-2-4-13(17)16-10-9-15/h5-8H,1-4,10H2,(H,16,17). The lowest BCUT2D eigenvalue weighted by Crippen LogP contribution is -2.22. The van der Waals surface area contributed by atoms with E-state index in [4.69, 9.17) is 16.9 Å². The molecule has 0 unspecified atom stereocenters. The predicted molar refractivity (Wildman–Crippen MR) is 67.6 cm³/mol. The number of nitrogens with one attached hydrogen (secondary N) is 1. The molecule has 3 nitrogen and oxygen atoms in total. The number of hydrogen-bond acceptors (Lipinski definition) is 2. The topological polar surface area (TPSA) is 52.9 Å². The molecular formula is C13H15ClN2O. The molecule has 0 aromatic heterocycles. The van der Waals surface area contributed by atoms with Gasteiger partial charge in [0.15, 0.2) is 0 Å². The maximum absolute atomic E-state index is 11.2. The molecule has 17 heavy (non-hydrogen) atoms. The van der Waals surface area contributed by atoms with Crippen LogP contribution in [0, 0.1) is 11.3 Å². The molecule has 0 spiro atoms. The van der Waals surface area contributed by atoms with Crippen molar-refractivity contribution in [3.8, 4) is 6.07 Å². The van der Waals surface area contributed by atoms with Crippen molar-refractivity contribution < 1.29 is 4.79 Å². The molecule has 0 saturated carbocycles. The summed E-state index contributed by atoms with van der Waals surface area (Å²) in [4.78, 5) is 11.2. The average molecular weight is 251 g/mol. The number of amides is 1. The van der Waals surface area contributed by atoms with E-state index in [1.165, 1.54) is 5.56 Å². The van der Waals surface area contributed by atoms with E-state index >= 15 is 0 Å². The zero-order valence-corrected chi connectivity index (χ0v) is 10.3. The second kappa shape index (κ2) is 7.70. The first kappa shape index (κ1) is 13.5. The number of halogens is 1. The van der Waals surface area contributed by atoms with Crippen LogP contribution in [-0.2, 0) is 11.2 Å². The van der Waals surface area contributed by atoms with Crippen molar-refractivity contribution in [3.05, 3.63) is 34.9 Å². The summed E-state index contributed by atoms with van der Waals surface area (Å²) in [5.41, 5.74) is 1.23. The van der Waals surface area contributed by atoms with Crippen molar-refractivity contribution in [2.24, 2.45) is 0 Å². The lowest BCUT2D eigenvalue weighted by atomic mass is 10.1. The van der Waals surface area contributed by atoms with Gasteiger partial charge in [0.25, 0.3) is 0 Å². The van der Waals surface area contributed by atoms with Crippen LogP contribution in [0.15, 0.2) is 24.3 Å². The SMILES string of the molecule is N#CCNC(=O)CCCCc1ccc(Cl)cc1. The maximum Gasteiger partial charge on any atom is 0.220 e. The van der Waals surface area contributed by atoms with Gasteiger partial charge in [-0.2, -0.15) is 5.26 Å². The first-order valence-electron chi connectivity index (χ1n) is 5.60. The first-order valence-corrected chi connectivity index (χ1v) is 5.98. The fourth-order valence-corrected chi connectivity index (χ4v) is 1.62. The van der Waals surface area contributed by atoms with Crippen molar-refractivity contribution in [1.82, 2.24) is 5.32 Å². The third kappa shape index (κ3) is 5.94. The molecule has 0 aliphatic rings. The Bertz CT molecular complexity index is 395. The van der Waals surface area contributed by atoms with Gasteiger partial charge < -0.3 is 5.32 Å². The van der Waals surface area contributed by atoms with Gasteiger partial charge in [0.2, 0.25) is 5.91 Å². The Hall–Kier alpha value is -1.53. The molecule has 0 bridgehead atoms. The molecule has 0 heterocycles. The highest BCUT2D eigenvalue weighted by Crippen LogP contribution is 2.12. The number of rotatable bonds is 6. The average Bonchev–Trinajstić information content (AvgIpc) is 2.34. The second-order valence-corrected chi connectivity index (χ2v) is 4.20. The van der Waals surface area contributed by atoms with E-state index in [0.29, 0.717) is 6.42 Å². The minimum Gasteiger partial charge on any atom is -0.343 e. The van der Waals surface area contributed by atoms with Gasteiger partial charge in [0.1, 0.15) is 6.54 Å². The Morgan fingerprint density at radius 2 is 2.00 bits per heavy atom. The van der Waals surface area contributed by atoms with E-state index in [0.717, 1.165) is 24.3 Å². The molecule has 0 saturated heterocycles. The van der Waals surface area contributed by atoms with Crippen LogP contribution in [0.25, 0.3) is 0 Å². The van der Waals surface area contributed by atoms with Crippen molar-refractivity contribution in [3.63, 3.8) is 0 Å². The van der Waals surface area contributed by atoms with Crippen molar-refractivity contribution in [2.75, 3.05) is 6.54 Å². The molecule has 0 fully saturated rings. The van der Waals surface area contributed by atoms with Crippen LogP contribution in [0.5, 0.6) is 0 Å². The van der Waals surface area contributed by atoms with Crippen molar-refractivity contribution in [1.29, 1.82) is 5.26 Å². The van der Waals surface area contributed by atoms with E-state index in [2.05, 4.69) is 5.32 Å². The number of carbonyl (C=O) groups excluding carboxylic acids is 1. The number of nitriles is 1. The maximum atomic E-state index is 11.2. The number of nitrogens with zero attached hydrogens (tertiary/aromatic N) is 1. The molecule has 1 amide bonds. The molecule has 1 aromatic rings. The van der Waals surface area contributed by atoms with Gasteiger partial charge in [-0.05, 0) is 37.0 Å². The molecule has 0 atom stereocenters. The van der Waals surface area contributed by atoms with Crippen LogP contribution in [0.3, 0.4) is 0 Å². The summed E-state index contributed by atoms with van der Waals surface area (Å²) < 4.78 is 0. The number of benzene rings is 1. The van der Waals surface area contributed by atoms with Crippen LogP contribution in [0.1, 0.15) is 24.8 Å². The number of hydrogen-bond donors (Lipinski definition) is 1. The minimum atomic E-state index is -0.0531. The largest absolute Gasteiger partial charge is 0.343 e. The number of unbranched alkanes of at least 4 members (excludes halogenated alkanes) is 1. The Kier molecular flexibility index (Phi) is 6.13. The Morgan fingerprint density at radius 3 is 2.65 bits per heavy atom. The van der Waals surface area contributed by atoms with Gasteiger partial charge in [-0.15, -0.1) is 0 Å². The second-order valence-electron chi connectivity index (χ2n) is 3.77. The highest BCUT2D eigenvalue weighted by atomic mass is 35.5. The van der Waals surface area contributed by atoms with Gasteiger partial charge in [-0.25, -0.2) is 0 Å². The Labute approximate surface area is 106 Å².